The van der Waals surface area contributed by atoms with Gasteiger partial charge in [0.05, 0.1) is 16.6 Å². The number of piperazine rings is 1. The smallest absolute Gasteiger partial charge is 0.231 e. The van der Waals surface area contributed by atoms with Crippen molar-refractivity contribution in [2.45, 2.75) is 13.1 Å². The second-order valence-electron chi connectivity index (χ2n) is 8.02. The third kappa shape index (κ3) is 3.61. The van der Waals surface area contributed by atoms with Crippen molar-refractivity contribution in [3.05, 3.63) is 64.5 Å². The number of carbonyl (C=O) groups excluding carboxylic acids is 1. The number of H-pyrrole nitrogens is 1. The summed E-state index contributed by atoms with van der Waals surface area (Å²) in [5, 5.41) is 18.0. The lowest BCUT2D eigenvalue weighted by Gasteiger charge is -2.27. The molecule has 7 heteroatoms. The fraction of sp³-hybridized carbons (Fsp3) is 0.292. The van der Waals surface area contributed by atoms with Gasteiger partial charge in [0, 0.05) is 56.4 Å². The van der Waals surface area contributed by atoms with Crippen molar-refractivity contribution in [3.8, 4) is 11.5 Å². The molecule has 0 saturated carbocycles. The largest absolute Gasteiger partial charge is 0.507 e. The fourth-order valence-corrected chi connectivity index (χ4v) is 4.38. The van der Waals surface area contributed by atoms with E-state index in [-0.39, 0.29) is 17.3 Å². The number of nitrogens with zero attached hydrogens (tertiary/aromatic N) is 1. The molecule has 2 aliphatic heterocycles. The van der Waals surface area contributed by atoms with Crippen LogP contribution in [-0.4, -0.2) is 54.0 Å². The Morgan fingerprint density at radius 3 is 2.87 bits per heavy atom. The molecule has 4 N–H and O–H groups in total. The molecular formula is C24H26N4O3. The van der Waals surface area contributed by atoms with Gasteiger partial charge in [-0.3, -0.25) is 9.69 Å². The number of aromatic nitrogens is 1. The number of aromatic amines is 1. The molecule has 7 nitrogen and oxygen atoms in total. The number of ether oxygens (including phenoxy) is 1. The maximum absolute atomic E-state index is 13.1. The Hall–Kier alpha value is -3.13. The monoisotopic (exact) mass is 418 g/mol. The fourth-order valence-electron chi connectivity index (χ4n) is 4.38. The van der Waals surface area contributed by atoms with Crippen LogP contribution in [0.2, 0.25) is 0 Å². The number of hydrogen-bond acceptors (Lipinski definition) is 6. The Labute approximate surface area is 180 Å². The molecule has 2 aliphatic rings. The predicted octanol–water partition coefficient (Wildman–Crippen LogP) is 2.61. The van der Waals surface area contributed by atoms with Crippen molar-refractivity contribution >= 4 is 22.8 Å². The van der Waals surface area contributed by atoms with Crippen molar-refractivity contribution in [2.24, 2.45) is 0 Å². The highest BCUT2D eigenvalue weighted by Gasteiger charge is 2.32. The molecule has 2 aromatic carbocycles. The highest BCUT2D eigenvalue weighted by Crippen LogP contribution is 2.40. The van der Waals surface area contributed by atoms with Crippen LogP contribution in [0.25, 0.3) is 17.0 Å². The lowest BCUT2D eigenvalue weighted by molar-refractivity contribution is 0.101. The molecule has 0 spiro atoms. The number of nitrogens with one attached hydrogen (secondary N) is 3. The lowest BCUT2D eigenvalue weighted by Crippen LogP contribution is -2.42. The summed E-state index contributed by atoms with van der Waals surface area (Å²) in [5.74, 6) is 0.764. The number of aromatic hydroxyl groups is 1. The number of hydrogen-bond donors (Lipinski definition) is 4. The van der Waals surface area contributed by atoms with E-state index in [9.17, 15) is 9.90 Å². The minimum Gasteiger partial charge on any atom is -0.507 e. The molecule has 0 aliphatic carbocycles. The molecule has 3 aromatic rings. The van der Waals surface area contributed by atoms with Crippen LogP contribution in [0.1, 0.15) is 27.0 Å². The quantitative estimate of drug-likeness (QED) is 0.477. The molecule has 3 heterocycles. The molecule has 1 saturated heterocycles. The molecule has 1 aromatic heterocycles. The van der Waals surface area contributed by atoms with Crippen molar-refractivity contribution in [1.29, 1.82) is 0 Å². The average molecular weight is 418 g/mol. The van der Waals surface area contributed by atoms with Gasteiger partial charge < -0.3 is 25.5 Å². The third-order valence-electron chi connectivity index (χ3n) is 6.00. The summed E-state index contributed by atoms with van der Waals surface area (Å²) in [4.78, 5) is 18.6. The van der Waals surface area contributed by atoms with Gasteiger partial charge in [-0.05, 0) is 30.8 Å². The third-order valence-corrected chi connectivity index (χ3v) is 6.00. The van der Waals surface area contributed by atoms with Crippen LogP contribution in [0.4, 0.5) is 0 Å². The number of allylic oxidation sites excluding steroid dienone is 1. The van der Waals surface area contributed by atoms with Crippen LogP contribution in [0.5, 0.6) is 11.5 Å². The lowest BCUT2D eigenvalue weighted by atomic mass is 10.0. The predicted molar refractivity (Wildman–Crippen MR) is 120 cm³/mol. The Balaban J connectivity index is 1.49. The van der Waals surface area contributed by atoms with Gasteiger partial charge in [0.2, 0.25) is 5.78 Å². The first kappa shape index (κ1) is 19.8. The first-order valence-corrected chi connectivity index (χ1v) is 10.6. The van der Waals surface area contributed by atoms with E-state index in [0.717, 1.165) is 54.8 Å². The maximum Gasteiger partial charge on any atom is 0.231 e. The van der Waals surface area contributed by atoms with Crippen LogP contribution in [0.3, 0.4) is 0 Å². The zero-order valence-electron chi connectivity index (χ0n) is 17.5. The summed E-state index contributed by atoms with van der Waals surface area (Å²) in [6.07, 6.45) is 3.69. The van der Waals surface area contributed by atoms with Gasteiger partial charge in [-0.2, -0.15) is 0 Å². The first-order chi connectivity index (χ1) is 15.2. The molecule has 0 radical (unpaired) electrons. The van der Waals surface area contributed by atoms with Crippen molar-refractivity contribution in [2.75, 3.05) is 33.2 Å². The van der Waals surface area contributed by atoms with Crippen LogP contribution in [0.15, 0.2) is 42.3 Å². The van der Waals surface area contributed by atoms with Gasteiger partial charge in [0.1, 0.15) is 11.5 Å². The van der Waals surface area contributed by atoms with Crippen LogP contribution < -0.4 is 15.4 Å². The summed E-state index contributed by atoms with van der Waals surface area (Å²) in [7, 11) is 1.92. The van der Waals surface area contributed by atoms with Crippen LogP contribution in [0, 0.1) is 0 Å². The topological polar surface area (TPSA) is 89.6 Å². The molecule has 5 rings (SSSR count). The Bertz CT molecular complexity index is 1180. The molecule has 0 amide bonds. The first-order valence-electron chi connectivity index (χ1n) is 10.6. The molecule has 0 bridgehead atoms. The summed E-state index contributed by atoms with van der Waals surface area (Å²) in [6.45, 7) is 4.92. The normalized spacial score (nSPS) is 18.0. The second kappa shape index (κ2) is 8.19. The number of ketones is 1. The van der Waals surface area contributed by atoms with Crippen LogP contribution >= 0.6 is 0 Å². The van der Waals surface area contributed by atoms with E-state index < -0.39 is 0 Å². The summed E-state index contributed by atoms with van der Waals surface area (Å²) in [6, 6.07) is 9.36. The van der Waals surface area contributed by atoms with E-state index in [4.69, 9.17) is 4.74 Å². The summed E-state index contributed by atoms with van der Waals surface area (Å²) >= 11 is 0. The van der Waals surface area contributed by atoms with E-state index in [0.29, 0.717) is 23.4 Å². The van der Waals surface area contributed by atoms with E-state index in [1.54, 1.807) is 18.2 Å². The highest BCUT2D eigenvalue weighted by molar-refractivity contribution is 6.15. The van der Waals surface area contributed by atoms with Gasteiger partial charge in [-0.15, -0.1) is 0 Å². The number of para-hydroxylation sites is 1. The number of phenolic OH excluding ortho intramolecular Hbond substituents is 1. The van der Waals surface area contributed by atoms with Gasteiger partial charge in [0.15, 0.2) is 5.76 Å². The standard InChI is InChI=1S/C24H26N4O3/c1-25-12-15-3-2-4-17-16(13-27-22(15)17)11-21-23(30)18-5-6-20(29)19(24(18)31-21)14-28-9-7-26-8-10-28/h2-6,11,13,25-27,29H,7-10,12,14H2,1H3/b21-11-. The molecular weight excluding hydrogens is 392 g/mol. The average Bonchev–Trinajstić information content (AvgIpc) is 3.34. The SMILES string of the molecule is CNCc1cccc2c(/C=C3\Oc4c(ccc(O)c4CN4CCNCC4)C3=O)c[nH]c12. The Morgan fingerprint density at radius 2 is 2.06 bits per heavy atom. The van der Waals surface area contributed by atoms with Crippen LogP contribution in [-0.2, 0) is 13.1 Å². The number of fused-ring (bicyclic) bond motifs is 2. The van der Waals surface area contributed by atoms with E-state index in [1.807, 2.05) is 25.4 Å². The van der Waals surface area contributed by atoms with Crippen molar-refractivity contribution < 1.29 is 14.6 Å². The van der Waals surface area contributed by atoms with Gasteiger partial charge >= 0.3 is 0 Å². The molecule has 31 heavy (non-hydrogen) atoms. The van der Waals surface area contributed by atoms with Crippen molar-refractivity contribution in [3.63, 3.8) is 0 Å². The van der Waals surface area contributed by atoms with Gasteiger partial charge in [0.25, 0.3) is 0 Å². The Morgan fingerprint density at radius 1 is 1.23 bits per heavy atom. The van der Waals surface area contributed by atoms with Gasteiger partial charge in [-0.1, -0.05) is 18.2 Å². The molecule has 0 unspecified atom stereocenters. The van der Waals surface area contributed by atoms with E-state index in [1.165, 1.54) is 0 Å². The molecule has 0 atom stereocenters. The zero-order chi connectivity index (χ0) is 21.4. The molecule has 1 fully saturated rings. The number of phenols is 1. The summed E-state index contributed by atoms with van der Waals surface area (Å²) < 4.78 is 6.06. The zero-order valence-corrected chi connectivity index (χ0v) is 17.5. The van der Waals surface area contributed by atoms with Crippen molar-refractivity contribution in [1.82, 2.24) is 20.5 Å². The number of benzene rings is 2. The molecule has 160 valence electrons. The maximum atomic E-state index is 13.1. The van der Waals surface area contributed by atoms with E-state index in [2.05, 4.69) is 26.6 Å². The number of rotatable bonds is 5. The minimum absolute atomic E-state index is 0.155. The van der Waals surface area contributed by atoms with Gasteiger partial charge in [-0.25, -0.2) is 0 Å². The number of Topliss-reactive ketones (excluding diaryl/α,β-unsaturated/α-hetero) is 1. The Kier molecular flexibility index (Phi) is 5.23. The second-order valence-corrected chi connectivity index (χ2v) is 8.02. The highest BCUT2D eigenvalue weighted by atomic mass is 16.5. The summed E-state index contributed by atoms with van der Waals surface area (Å²) in [5.41, 5.74) is 4.28. The number of carbonyl (C=O) groups is 1. The van der Waals surface area contributed by atoms with E-state index >= 15 is 0 Å². The minimum atomic E-state index is -0.155.